The summed E-state index contributed by atoms with van der Waals surface area (Å²) in [7, 11) is 0. The van der Waals surface area contributed by atoms with E-state index in [0.29, 0.717) is 28.1 Å². The highest BCUT2D eigenvalue weighted by molar-refractivity contribution is 6.35. The van der Waals surface area contributed by atoms with Crippen LogP contribution in [0.1, 0.15) is 16.8 Å². The third-order valence-corrected chi connectivity index (χ3v) is 5.96. The first-order valence-electron chi connectivity index (χ1n) is 11.1. The van der Waals surface area contributed by atoms with Crippen molar-refractivity contribution in [3.8, 4) is 11.4 Å². The second-order valence-electron chi connectivity index (χ2n) is 8.42. The minimum absolute atomic E-state index is 0.169. The Morgan fingerprint density at radius 2 is 1.78 bits per heavy atom. The molecule has 4 N–H and O–H groups in total. The number of nitrogens with zero attached hydrogens (tertiary/aromatic N) is 1. The summed E-state index contributed by atoms with van der Waals surface area (Å²) in [4.78, 5) is 23.0. The summed E-state index contributed by atoms with van der Waals surface area (Å²) in [5.74, 6) is 0.297. The van der Waals surface area contributed by atoms with Gasteiger partial charge in [0.15, 0.2) is 0 Å². The first-order chi connectivity index (χ1) is 17.3. The van der Waals surface area contributed by atoms with Crippen LogP contribution in [0.4, 0.5) is 30.2 Å². The third kappa shape index (κ3) is 4.00. The molecule has 0 fully saturated rings. The largest absolute Gasteiger partial charge is 0.416 e. The van der Waals surface area contributed by atoms with Gasteiger partial charge in [-0.25, -0.2) is 4.98 Å². The lowest BCUT2D eigenvalue weighted by molar-refractivity contribution is -0.137. The highest BCUT2D eigenvalue weighted by Crippen LogP contribution is 2.36. The normalized spacial score (nSPS) is 14.3. The maximum absolute atomic E-state index is 13.0. The Morgan fingerprint density at radius 3 is 2.58 bits per heavy atom. The molecule has 6 rings (SSSR count). The number of carbonyl (C=O) groups excluding carboxylic acids is 1. The van der Waals surface area contributed by atoms with Gasteiger partial charge >= 0.3 is 6.18 Å². The number of H-pyrrole nitrogens is 2. The number of hydrogen-bond donors (Lipinski definition) is 4. The second kappa shape index (κ2) is 8.16. The molecule has 0 aliphatic carbocycles. The van der Waals surface area contributed by atoms with Crippen LogP contribution in [0, 0.1) is 0 Å². The van der Waals surface area contributed by atoms with Crippen LogP contribution in [0.2, 0.25) is 0 Å². The maximum Gasteiger partial charge on any atom is 0.416 e. The number of fused-ring (bicyclic) bond motifs is 2. The average Bonchev–Trinajstić information content (AvgIpc) is 3.58. The van der Waals surface area contributed by atoms with Crippen molar-refractivity contribution in [2.24, 2.45) is 0 Å². The molecule has 1 amide bonds. The fourth-order valence-electron chi connectivity index (χ4n) is 4.24. The molecule has 3 heterocycles. The van der Waals surface area contributed by atoms with Crippen LogP contribution in [-0.2, 0) is 11.0 Å². The summed E-state index contributed by atoms with van der Waals surface area (Å²) in [6.45, 7) is 0. The van der Waals surface area contributed by atoms with Crippen LogP contribution in [0.15, 0.2) is 79.0 Å². The van der Waals surface area contributed by atoms with E-state index in [-0.39, 0.29) is 5.91 Å². The van der Waals surface area contributed by atoms with Crippen LogP contribution >= 0.6 is 0 Å². The van der Waals surface area contributed by atoms with Crippen molar-refractivity contribution < 1.29 is 18.0 Å². The van der Waals surface area contributed by atoms with Gasteiger partial charge in [-0.05, 0) is 60.7 Å². The fraction of sp³-hybridized carbons (Fsp3) is 0.0370. The molecule has 0 atom stereocenters. The quantitative estimate of drug-likeness (QED) is 0.211. The average molecular weight is 485 g/mol. The smallest absolute Gasteiger partial charge is 0.362 e. The molecule has 9 heteroatoms. The van der Waals surface area contributed by atoms with Crippen molar-refractivity contribution in [2.45, 2.75) is 6.18 Å². The Bertz CT molecular complexity index is 1650. The molecular formula is C27H18F3N5O. The summed E-state index contributed by atoms with van der Waals surface area (Å²) >= 11 is 0. The zero-order chi connectivity index (χ0) is 24.9. The first kappa shape index (κ1) is 21.7. The highest BCUT2D eigenvalue weighted by atomic mass is 19.4. The van der Waals surface area contributed by atoms with E-state index in [1.165, 1.54) is 6.07 Å². The monoisotopic (exact) mass is 485 g/mol. The zero-order valence-electron chi connectivity index (χ0n) is 18.6. The summed E-state index contributed by atoms with van der Waals surface area (Å²) in [5.41, 5.74) is 5.23. The van der Waals surface area contributed by atoms with Crippen molar-refractivity contribution in [1.82, 2.24) is 15.0 Å². The van der Waals surface area contributed by atoms with Crippen LogP contribution in [0.5, 0.6) is 0 Å². The summed E-state index contributed by atoms with van der Waals surface area (Å²) in [5, 5.41) is 6.21. The molecular weight excluding hydrogens is 467 g/mol. The topological polar surface area (TPSA) is 85.6 Å². The number of rotatable bonds is 4. The van der Waals surface area contributed by atoms with Gasteiger partial charge in [-0.15, -0.1) is 0 Å². The van der Waals surface area contributed by atoms with Crippen LogP contribution in [0.25, 0.3) is 34.1 Å². The van der Waals surface area contributed by atoms with E-state index >= 15 is 0 Å². The molecule has 0 saturated heterocycles. The molecule has 6 nitrogen and oxygen atoms in total. The number of aromatic amines is 2. The molecule has 5 aromatic rings. The fourth-order valence-corrected chi connectivity index (χ4v) is 4.24. The Balaban J connectivity index is 1.26. The second-order valence-corrected chi connectivity index (χ2v) is 8.42. The van der Waals surface area contributed by atoms with Crippen molar-refractivity contribution in [3.05, 3.63) is 95.8 Å². The van der Waals surface area contributed by atoms with E-state index in [1.54, 1.807) is 6.20 Å². The Hall–Kier alpha value is -4.79. The molecule has 1 aliphatic rings. The summed E-state index contributed by atoms with van der Waals surface area (Å²) in [6, 6.07) is 20.2. The molecule has 36 heavy (non-hydrogen) atoms. The van der Waals surface area contributed by atoms with Crippen LogP contribution < -0.4 is 10.6 Å². The number of aromatic nitrogens is 3. The number of alkyl halides is 3. The van der Waals surface area contributed by atoms with E-state index in [2.05, 4.69) is 25.6 Å². The molecule has 3 aromatic carbocycles. The minimum Gasteiger partial charge on any atom is -0.362 e. The van der Waals surface area contributed by atoms with Crippen molar-refractivity contribution in [3.63, 3.8) is 0 Å². The summed E-state index contributed by atoms with van der Waals surface area (Å²) in [6.07, 6.45) is -0.813. The van der Waals surface area contributed by atoms with Gasteiger partial charge in [-0.2, -0.15) is 13.2 Å². The van der Waals surface area contributed by atoms with Crippen LogP contribution in [0.3, 0.4) is 0 Å². The van der Waals surface area contributed by atoms with Gasteiger partial charge in [0.05, 0.1) is 27.9 Å². The number of halogens is 3. The van der Waals surface area contributed by atoms with Crippen LogP contribution in [-0.4, -0.2) is 20.9 Å². The van der Waals surface area contributed by atoms with E-state index in [0.717, 1.165) is 40.3 Å². The van der Waals surface area contributed by atoms with Gasteiger partial charge in [0.2, 0.25) is 0 Å². The van der Waals surface area contributed by atoms with Gasteiger partial charge in [0.25, 0.3) is 5.91 Å². The Kier molecular flexibility index (Phi) is 4.92. The number of carbonyl (C=O) groups is 1. The number of benzene rings is 3. The lowest BCUT2D eigenvalue weighted by Gasteiger charge is -2.09. The number of amides is 1. The van der Waals surface area contributed by atoms with Crippen molar-refractivity contribution in [1.29, 1.82) is 0 Å². The maximum atomic E-state index is 13.0. The van der Waals surface area contributed by atoms with Crippen molar-refractivity contribution in [2.75, 3.05) is 10.6 Å². The Labute approximate surface area is 202 Å². The van der Waals surface area contributed by atoms with E-state index < -0.39 is 11.7 Å². The van der Waals surface area contributed by atoms with Gasteiger partial charge in [-0.1, -0.05) is 18.2 Å². The Morgan fingerprint density at radius 1 is 0.917 bits per heavy atom. The number of anilines is 3. The van der Waals surface area contributed by atoms with Gasteiger partial charge < -0.3 is 20.6 Å². The van der Waals surface area contributed by atoms with Gasteiger partial charge in [0, 0.05) is 34.4 Å². The van der Waals surface area contributed by atoms with Gasteiger partial charge in [-0.3, -0.25) is 4.79 Å². The van der Waals surface area contributed by atoms with E-state index in [1.807, 2.05) is 60.7 Å². The van der Waals surface area contributed by atoms with E-state index in [4.69, 9.17) is 0 Å². The minimum atomic E-state index is -4.42. The third-order valence-electron chi connectivity index (χ3n) is 5.96. The SMILES string of the molecule is O=C1Nc2cc(Nc3cccc(-c4nc5ccc(C(F)(F)F)cc5[nH]4)c3)ccc2C1=Cc1ccc[nH]1. The molecule has 0 unspecified atom stereocenters. The predicted molar refractivity (Wildman–Crippen MR) is 134 cm³/mol. The molecule has 0 bridgehead atoms. The molecule has 178 valence electrons. The molecule has 0 radical (unpaired) electrons. The lowest BCUT2D eigenvalue weighted by atomic mass is 10.1. The summed E-state index contributed by atoms with van der Waals surface area (Å²) < 4.78 is 39.1. The predicted octanol–water partition coefficient (Wildman–Crippen LogP) is 6.81. The highest BCUT2D eigenvalue weighted by Gasteiger charge is 2.30. The number of imidazole rings is 1. The molecule has 0 saturated carbocycles. The molecule has 1 aliphatic heterocycles. The molecule has 0 spiro atoms. The first-order valence-corrected chi connectivity index (χ1v) is 11.1. The van der Waals surface area contributed by atoms with Crippen molar-refractivity contribution >= 4 is 45.7 Å². The zero-order valence-corrected chi connectivity index (χ0v) is 18.6. The lowest BCUT2D eigenvalue weighted by Crippen LogP contribution is -2.04. The van der Waals surface area contributed by atoms with Gasteiger partial charge in [0.1, 0.15) is 5.82 Å². The number of nitrogens with one attached hydrogen (secondary N) is 4. The van der Waals surface area contributed by atoms with E-state index in [9.17, 15) is 18.0 Å². The standard InChI is InChI=1S/C27H18F3N5O/c28-27(29,30)16-6-9-22-24(12-16)34-25(33-22)15-3-1-4-18(11-15)32-19-7-8-20-21(13-17-5-2-10-31-17)26(36)35-23(20)14-19/h1-14,31-32H,(H,33,34)(H,35,36). The number of hydrogen-bond acceptors (Lipinski definition) is 3. The molecule has 2 aromatic heterocycles.